The van der Waals surface area contributed by atoms with E-state index in [0.717, 1.165) is 11.1 Å². The smallest absolute Gasteiger partial charge is 0.423 e. The van der Waals surface area contributed by atoms with Crippen molar-refractivity contribution in [1.29, 1.82) is 0 Å². The first-order valence-electron chi connectivity index (χ1n) is 5.79. The Balaban J connectivity index is 2.05. The zero-order valence-electron chi connectivity index (χ0n) is 10.2. The van der Waals surface area contributed by atoms with Gasteiger partial charge in [-0.2, -0.15) is 0 Å². The molecule has 0 spiro atoms. The highest BCUT2D eigenvalue weighted by atomic mass is 32.2. The van der Waals surface area contributed by atoms with Crippen molar-refractivity contribution in [1.82, 2.24) is 0 Å². The Labute approximate surface area is 111 Å². The van der Waals surface area contributed by atoms with Crippen molar-refractivity contribution < 1.29 is 22.9 Å². The van der Waals surface area contributed by atoms with Crippen molar-refractivity contribution in [2.45, 2.75) is 19.4 Å². The number of carbonyl (C=O) groups is 1. The predicted molar refractivity (Wildman–Crippen MR) is 70.1 cm³/mol. The van der Waals surface area contributed by atoms with E-state index in [9.17, 15) is 18.2 Å². The first kappa shape index (κ1) is 14.2. The second kappa shape index (κ2) is 5.42. The Morgan fingerprint density at radius 2 is 2.21 bits per heavy atom. The maximum Gasteiger partial charge on any atom is 0.492 e. The molecule has 0 bridgehead atoms. The van der Waals surface area contributed by atoms with Crippen LogP contribution in [0.4, 0.5) is 0 Å². The van der Waals surface area contributed by atoms with Gasteiger partial charge in [-0.1, -0.05) is 18.2 Å². The van der Waals surface area contributed by atoms with Crippen LogP contribution >= 0.6 is 0 Å². The van der Waals surface area contributed by atoms with Gasteiger partial charge in [0.2, 0.25) is 10.0 Å². The Morgan fingerprint density at radius 1 is 1.47 bits per heavy atom. The molecule has 2 rings (SSSR count). The van der Waals surface area contributed by atoms with Crippen molar-refractivity contribution in [3.63, 3.8) is 0 Å². The number of ketones is 1. The van der Waals surface area contributed by atoms with Gasteiger partial charge in [0.05, 0.1) is 6.61 Å². The van der Waals surface area contributed by atoms with E-state index in [1.807, 2.05) is 12.1 Å². The molecular weight excluding hydrogens is 269 g/mol. The van der Waals surface area contributed by atoms with Gasteiger partial charge < -0.3 is 9.68 Å². The molecule has 0 saturated heterocycles. The number of carbonyl (C=O) groups excluding carboxylic acids is 1. The summed E-state index contributed by atoms with van der Waals surface area (Å²) in [4.78, 5) is 11.5. The molecule has 8 heteroatoms. The number of aryl methyl sites for hydroxylation is 1. The minimum Gasteiger partial charge on any atom is -0.423 e. The van der Waals surface area contributed by atoms with Gasteiger partial charge in [0.15, 0.2) is 0 Å². The van der Waals surface area contributed by atoms with E-state index in [0.29, 0.717) is 18.5 Å². The summed E-state index contributed by atoms with van der Waals surface area (Å²) in [6, 6.07) is 5.46. The summed E-state index contributed by atoms with van der Waals surface area (Å²) in [6.45, 7) is 0.343. The molecular formula is C11H14BNO5S. The molecule has 0 saturated carbocycles. The third kappa shape index (κ3) is 3.63. The van der Waals surface area contributed by atoms with Crippen molar-refractivity contribution >= 4 is 28.4 Å². The minimum atomic E-state index is -3.77. The molecule has 0 aliphatic carbocycles. The zero-order chi connectivity index (χ0) is 14.0. The Morgan fingerprint density at radius 3 is 2.89 bits per heavy atom. The Bertz CT molecular complexity index is 601. The Kier molecular flexibility index (Phi) is 4.05. The Hall–Kier alpha value is -1.22. The number of primary sulfonamides is 1. The van der Waals surface area contributed by atoms with E-state index in [4.69, 9.17) is 9.79 Å². The number of hydrogen-bond acceptors (Lipinski definition) is 5. The van der Waals surface area contributed by atoms with Crippen LogP contribution < -0.4 is 10.6 Å². The second-order valence-electron chi connectivity index (χ2n) is 4.50. The number of hydrogen-bond donors (Lipinski definition) is 2. The summed E-state index contributed by atoms with van der Waals surface area (Å²) < 4.78 is 26.7. The average molecular weight is 283 g/mol. The lowest BCUT2D eigenvalue weighted by molar-refractivity contribution is -0.116. The number of benzene rings is 1. The van der Waals surface area contributed by atoms with E-state index in [1.54, 1.807) is 6.07 Å². The van der Waals surface area contributed by atoms with Gasteiger partial charge in [0.25, 0.3) is 0 Å². The van der Waals surface area contributed by atoms with Gasteiger partial charge in [-0.15, -0.1) is 0 Å². The molecule has 0 radical (unpaired) electrons. The van der Waals surface area contributed by atoms with Gasteiger partial charge in [-0.25, -0.2) is 13.6 Å². The molecule has 1 heterocycles. The first-order valence-corrected chi connectivity index (χ1v) is 7.51. The summed E-state index contributed by atoms with van der Waals surface area (Å²) in [6.07, 6.45) is 0.428. The molecule has 3 N–H and O–H groups in total. The molecule has 0 atom stereocenters. The summed E-state index contributed by atoms with van der Waals surface area (Å²) in [5, 5.41) is 14.5. The molecule has 1 aliphatic rings. The summed E-state index contributed by atoms with van der Waals surface area (Å²) in [5.74, 6) is -1.09. The van der Waals surface area contributed by atoms with E-state index >= 15 is 0 Å². The third-order valence-corrected chi connectivity index (χ3v) is 3.69. The molecule has 1 aromatic rings. The number of nitrogens with two attached hydrogens (primary N) is 1. The monoisotopic (exact) mass is 283 g/mol. The summed E-state index contributed by atoms with van der Waals surface area (Å²) >= 11 is 0. The van der Waals surface area contributed by atoms with Gasteiger partial charge in [0, 0.05) is 6.42 Å². The summed E-state index contributed by atoms with van der Waals surface area (Å²) in [7, 11) is -4.75. The lowest BCUT2D eigenvalue weighted by atomic mass is 9.75. The number of Topliss-reactive ketones (excluding diaryl/α,β-unsaturated/α-hetero) is 1. The van der Waals surface area contributed by atoms with Gasteiger partial charge in [-0.05, 0) is 23.0 Å². The lowest BCUT2D eigenvalue weighted by Gasteiger charge is -2.07. The van der Waals surface area contributed by atoms with E-state index in [1.165, 1.54) is 0 Å². The molecule has 1 aromatic carbocycles. The molecule has 0 unspecified atom stereocenters. The number of fused-ring (bicyclic) bond motifs is 1. The predicted octanol–water partition coefficient (Wildman–Crippen LogP) is -1.31. The van der Waals surface area contributed by atoms with Crippen LogP contribution in [0.25, 0.3) is 0 Å². The summed E-state index contributed by atoms with van der Waals surface area (Å²) in [5.41, 5.74) is 2.38. The maximum atomic E-state index is 11.5. The van der Waals surface area contributed by atoms with E-state index in [2.05, 4.69) is 0 Å². The quantitative estimate of drug-likeness (QED) is 0.653. The normalized spacial score (nSPS) is 14.5. The van der Waals surface area contributed by atoms with Crippen LogP contribution in [0, 0.1) is 0 Å². The fourth-order valence-corrected chi connectivity index (χ4v) is 2.74. The minimum absolute atomic E-state index is 0.0691. The van der Waals surface area contributed by atoms with Gasteiger partial charge in [0.1, 0.15) is 11.5 Å². The van der Waals surface area contributed by atoms with E-state index in [-0.39, 0.29) is 6.42 Å². The maximum absolute atomic E-state index is 11.5. The fourth-order valence-electron chi connectivity index (χ4n) is 2.15. The topological polar surface area (TPSA) is 107 Å². The second-order valence-corrected chi connectivity index (χ2v) is 6.11. The largest absolute Gasteiger partial charge is 0.492 e. The molecule has 0 amide bonds. The standard InChI is InChI=1S/C11H14BNO5S/c13-19(16,17)7-10(14)5-4-8-2-1-3-9-6-18-12(15)11(8)9/h1-3,15H,4-7H2,(H2,13,16,17). The molecule has 0 aromatic heterocycles. The molecule has 1 aliphatic heterocycles. The molecule has 0 fully saturated rings. The van der Waals surface area contributed by atoms with Crippen LogP contribution in [-0.2, 0) is 32.5 Å². The van der Waals surface area contributed by atoms with Crippen molar-refractivity contribution in [3.05, 3.63) is 29.3 Å². The van der Waals surface area contributed by atoms with Gasteiger partial charge >= 0.3 is 7.12 Å². The van der Waals surface area contributed by atoms with E-state index < -0.39 is 28.7 Å². The lowest BCUT2D eigenvalue weighted by Crippen LogP contribution is -2.32. The van der Waals surface area contributed by atoms with Crippen LogP contribution in [0.2, 0.25) is 0 Å². The van der Waals surface area contributed by atoms with Crippen LogP contribution in [0.15, 0.2) is 18.2 Å². The average Bonchev–Trinajstić information content (AvgIpc) is 2.67. The van der Waals surface area contributed by atoms with Crippen LogP contribution in [0.3, 0.4) is 0 Å². The van der Waals surface area contributed by atoms with Crippen LogP contribution in [0.5, 0.6) is 0 Å². The zero-order valence-corrected chi connectivity index (χ0v) is 11.0. The number of sulfonamides is 1. The number of rotatable bonds is 5. The SMILES string of the molecule is NS(=O)(=O)CC(=O)CCc1cccc2c1B(O)OC2. The third-order valence-electron chi connectivity index (χ3n) is 2.97. The van der Waals surface area contributed by atoms with Crippen molar-refractivity contribution in [3.8, 4) is 0 Å². The fraction of sp³-hybridized carbons (Fsp3) is 0.364. The molecule has 102 valence electrons. The highest BCUT2D eigenvalue weighted by Gasteiger charge is 2.29. The van der Waals surface area contributed by atoms with Gasteiger partial charge in [-0.3, -0.25) is 4.79 Å². The molecule has 19 heavy (non-hydrogen) atoms. The highest BCUT2D eigenvalue weighted by molar-refractivity contribution is 7.89. The van der Waals surface area contributed by atoms with Crippen molar-refractivity contribution in [2.75, 3.05) is 5.75 Å². The van der Waals surface area contributed by atoms with Crippen LogP contribution in [0.1, 0.15) is 17.5 Å². The highest BCUT2D eigenvalue weighted by Crippen LogP contribution is 2.14. The molecule has 6 nitrogen and oxygen atoms in total. The van der Waals surface area contributed by atoms with Crippen LogP contribution in [-0.4, -0.2) is 32.1 Å². The van der Waals surface area contributed by atoms with Crippen molar-refractivity contribution in [2.24, 2.45) is 5.14 Å². The first-order chi connectivity index (χ1) is 8.87.